The monoisotopic (exact) mass is 316 g/mol. The highest BCUT2D eigenvalue weighted by molar-refractivity contribution is 9.10. The molecule has 0 bridgehead atoms. The first-order valence-corrected chi connectivity index (χ1v) is 8.17. The topological polar surface area (TPSA) is 15.3 Å². The van der Waals surface area contributed by atoms with Gasteiger partial charge in [-0.3, -0.25) is 4.90 Å². The fourth-order valence-electron chi connectivity index (χ4n) is 2.40. The highest BCUT2D eigenvalue weighted by atomic mass is 79.9. The summed E-state index contributed by atoms with van der Waals surface area (Å²) >= 11 is 5.46. The van der Waals surface area contributed by atoms with E-state index in [2.05, 4.69) is 44.5 Å². The van der Waals surface area contributed by atoms with Crippen LogP contribution in [-0.2, 0) is 0 Å². The zero-order valence-corrected chi connectivity index (χ0v) is 12.8. The van der Waals surface area contributed by atoms with E-state index in [0.717, 1.165) is 13.1 Å². The second kappa shape index (κ2) is 6.88. The van der Waals surface area contributed by atoms with Crippen LogP contribution in [0.25, 0.3) is 0 Å². The highest BCUT2D eigenvalue weighted by Crippen LogP contribution is 2.33. The van der Waals surface area contributed by atoms with Crippen molar-refractivity contribution in [3.05, 3.63) is 20.8 Å². The molecule has 2 heterocycles. The first kappa shape index (κ1) is 13.5. The molecule has 0 aliphatic carbocycles. The Morgan fingerprint density at radius 3 is 2.82 bits per heavy atom. The van der Waals surface area contributed by atoms with Crippen molar-refractivity contribution in [3.8, 4) is 0 Å². The molecule has 0 aromatic carbocycles. The second-order valence-corrected chi connectivity index (χ2v) is 6.47. The van der Waals surface area contributed by atoms with Crippen molar-refractivity contribution in [2.75, 3.05) is 26.2 Å². The van der Waals surface area contributed by atoms with E-state index >= 15 is 0 Å². The smallest absolute Gasteiger partial charge is 0.0443 e. The molecule has 1 N–H and O–H groups in total. The van der Waals surface area contributed by atoms with Crippen LogP contribution in [0.4, 0.5) is 0 Å². The van der Waals surface area contributed by atoms with Crippen LogP contribution in [0.3, 0.4) is 0 Å². The quantitative estimate of drug-likeness (QED) is 0.892. The van der Waals surface area contributed by atoms with Gasteiger partial charge in [0.05, 0.1) is 0 Å². The van der Waals surface area contributed by atoms with Crippen molar-refractivity contribution >= 4 is 27.3 Å². The minimum Gasteiger partial charge on any atom is -0.314 e. The number of rotatable bonds is 5. The summed E-state index contributed by atoms with van der Waals surface area (Å²) in [6.07, 6.45) is 3.91. The van der Waals surface area contributed by atoms with E-state index in [1.54, 1.807) is 0 Å². The third kappa shape index (κ3) is 3.78. The average molecular weight is 317 g/mol. The number of hydrogen-bond donors (Lipinski definition) is 1. The van der Waals surface area contributed by atoms with Crippen molar-refractivity contribution in [2.24, 2.45) is 0 Å². The van der Waals surface area contributed by atoms with Gasteiger partial charge >= 0.3 is 0 Å². The molecule has 1 aliphatic heterocycles. The van der Waals surface area contributed by atoms with Gasteiger partial charge in [-0.1, -0.05) is 19.8 Å². The van der Waals surface area contributed by atoms with Crippen LogP contribution in [0.15, 0.2) is 15.9 Å². The zero-order valence-electron chi connectivity index (χ0n) is 10.4. The van der Waals surface area contributed by atoms with Crippen molar-refractivity contribution in [1.82, 2.24) is 10.2 Å². The number of piperazine rings is 1. The molecule has 0 radical (unpaired) electrons. The molecule has 96 valence electrons. The molecule has 1 atom stereocenters. The molecule has 0 unspecified atom stereocenters. The summed E-state index contributed by atoms with van der Waals surface area (Å²) in [5.74, 6) is 0. The summed E-state index contributed by atoms with van der Waals surface area (Å²) in [4.78, 5) is 4.16. The first-order chi connectivity index (χ1) is 8.31. The van der Waals surface area contributed by atoms with Crippen LogP contribution in [-0.4, -0.2) is 31.1 Å². The van der Waals surface area contributed by atoms with Gasteiger partial charge < -0.3 is 5.32 Å². The van der Waals surface area contributed by atoms with E-state index in [-0.39, 0.29) is 0 Å². The number of thiophene rings is 1. The predicted octanol–water partition coefficient (Wildman–Crippen LogP) is 3.65. The SMILES string of the molecule is CCCC[C@@H](c1cc(Br)cs1)N1CCNCC1. The predicted molar refractivity (Wildman–Crippen MR) is 78.7 cm³/mol. The van der Waals surface area contributed by atoms with E-state index in [9.17, 15) is 0 Å². The van der Waals surface area contributed by atoms with Gasteiger partial charge in [0, 0.05) is 47.0 Å². The molecule has 1 aromatic rings. The number of nitrogens with one attached hydrogen (secondary N) is 1. The molecule has 4 heteroatoms. The minimum atomic E-state index is 0.633. The summed E-state index contributed by atoms with van der Waals surface area (Å²) in [6.45, 7) is 6.91. The molecule has 1 aromatic heterocycles. The lowest BCUT2D eigenvalue weighted by atomic mass is 10.1. The van der Waals surface area contributed by atoms with Gasteiger partial charge in [-0.05, 0) is 28.4 Å². The van der Waals surface area contributed by atoms with Crippen molar-refractivity contribution in [1.29, 1.82) is 0 Å². The number of nitrogens with zero attached hydrogens (tertiary/aromatic N) is 1. The maximum atomic E-state index is 3.57. The highest BCUT2D eigenvalue weighted by Gasteiger charge is 2.22. The van der Waals surface area contributed by atoms with E-state index in [1.165, 1.54) is 41.7 Å². The van der Waals surface area contributed by atoms with Crippen molar-refractivity contribution < 1.29 is 0 Å². The molecule has 2 rings (SSSR count). The van der Waals surface area contributed by atoms with E-state index in [4.69, 9.17) is 0 Å². The van der Waals surface area contributed by atoms with E-state index in [0.29, 0.717) is 6.04 Å². The Morgan fingerprint density at radius 2 is 2.24 bits per heavy atom. The molecule has 1 saturated heterocycles. The summed E-state index contributed by atoms with van der Waals surface area (Å²) in [5.41, 5.74) is 0. The van der Waals surface area contributed by atoms with Gasteiger partial charge in [-0.15, -0.1) is 11.3 Å². The second-order valence-electron chi connectivity index (χ2n) is 4.61. The molecule has 0 spiro atoms. The number of unbranched alkanes of at least 4 members (excludes halogenated alkanes) is 1. The average Bonchev–Trinajstić information content (AvgIpc) is 2.78. The lowest BCUT2D eigenvalue weighted by Gasteiger charge is -2.34. The largest absolute Gasteiger partial charge is 0.314 e. The molecule has 1 fully saturated rings. The van der Waals surface area contributed by atoms with Gasteiger partial charge in [0.1, 0.15) is 0 Å². The molecule has 17 heavy (non-hydrogen) atoms. The fraction of sp³-hybridized carbons (Fsp3) is 0.692. The third-order valence-electron chi connectivity index (χ3n) is 3.34. The van der Waals surface area contributed by atoms with Crippen LogP contribution in [0.2, 0.25) is 0 Å². The lowest BCUT2D eigenvalue weighted by Crippen LogP contribution is -2.45. The van der Waals surface area contributed by atoms with Crippen molar-refractivity contribution in [2.45, 2.75) is 32.2 Å². The van der Waals surface area contributed by atoms with Gasteiger partial charge in [-0.2, -0.15) is 0 Å². The van der Waals surface area contributed by atoms with Gasteiger partial charge in [0.15, 0.2) is 0 Å². The number of halogens is 1. The maximum absolute atomic E-state index is 3.57. The molecule has 0 amide bonds. The summed E-state index contributed by atoms with van der Waals surface area (Å²) in [5, 5.41) is 5.64. The Morgan fingerprint density at radius 1 is 1.47 bits per heavy atom. The van der Waals surface area contributed by atoms with Gasteiger partial charge in [0.2, 0.25) is 0 Å². The van der Waals surface area contributed by atoms with Crippen LogP contribution >= 0.6 is 27.3 Å². The molecule has 0 saturated carbocycles. The Bertz CT molecular complexity index is 334. The summed E-state index contributed by atoms with van der Waals surface area (Å²) < 4.78 is 1.23. The Balaban J connectivity index is 2.06. The molecular formula is C13H21BrN2S. The first-order valence-electron chi connectivity index (χ1n) is 6.50. The number of hydrogen-bond acceptors (Lipinski definition) is 3. The van der Waals surface area contributed by atoms with Crippen LogP contribution in [0.1, 0.15) is 37.1 Å². The van der Waals surface area contributed by atoms with Gasteiger partial charge in [-0.25, -0.2) is 0 Å². The zero-order chi connectivity index (χ0) is 12.1. The normalized spacial score (nSPS) is 19.4. The summed E-state index contributed by atoms with van der Waals surface area (Å²) in [7, 11) is 0. The van der Waals surface area contributed by atoms with E-state index in [1.807, 2.05) is 11.3 Å². The Labute approximate surface area is 117 Å². The third-order valence-corrected chi connectivity index (χ3v) is 5.13. The van der Waals surface area contributed by atoms with Crippen LogP contribution < -0.4 is 5.32 Å². The van der Waals surface area contributed by atoms with Crippen molar-refractivity contribution in [3.63, 3.8) is 0 Å². The summed E-state index contributed by atoms with van der Waals surface area (Å²) in [6, 6.07) is 2.93. The Hall–Kier alpha value is 0.1000. The molecule has 1 aliphatic rings. The lowest BCUT2D eigenvalue weighted by molar-refractivity contribution is 0.165. The fourth-order valence-corrected chi connectivity index (χ4v) is 4.01. The molecule has 2 nitrogen and oxygen atoms in total. The standard InChI is InChI=1S/C13H21BrN2S/c1-2-3-4-12(13-9-11(14)10-17-13)16-7-5-15-6-8-16/h9-10,12,15H,2-8H2,1H3/t12-/m0/s1. The Kier molecular flexibility index (Phi) is 5.48. The van der Waals surface area contributed by atoms with Gasteiger partial charge in [0.25, 0.3) is 0 Å². The maximum Gasteiger partial charge on any atom is 0.0443 e. The van der Waals surface area contributed by atoms with E-state index < -0.39 is 0 Å². The van der Waals surface area contributed by atoms with Crippen LogP contribution in [0, 0.1) is 0 Å². The van der Waals surface area contributed by atoms with Crippen LogP contribution in [0.5, 0.6) is 0 Å². The molecular weight excluding hydrogens is 296 g/mol. The minimum absolute atomic E-state index is 0.633.